The van der Waals surface area contributed by atoms with Crippen LogP contribution in [-0.2, 0) is 26.5 Å². The van der Waals surface area contributed by atoms with Crippen molar-refractivity contribution in [2.75, 3.05) is 9.80 Å². The van der Waals surface area contributed by atoms with Gasteiger partial charge in [0.15, 0.2) is 0 Å². The summed E-state index contributed by atoms with van der Waals surface area (Å²) in [4.78, 5) is 9.16. The number of anilines is 2. The maximum atomic E-state index is 6.76. The first-order valence-corrected chi connectivity index (χ1v) is 18.3. The third kappa shape index (κ3) is 6.87. The molecular weight excluding hydrogens is 844 g/mol. The van der Waals surface area contributed by atoms with E-state index >= 15 is 0 Å². The molecule has 0 spiro atoms. The normalized spacial score (nSPS) is 12.9. The summed E-state index contributed by atoms with van der Waals surface area (Å²) in [5, 5.41) is 2.24. The minimum Gasteiger partial charge on any atom is -0.509 e. The predicted octanol–water partition coefficient (Wildman–Crippen LogP) is 12.3. The summed E-state index contributed by atoms with van der Waals surface area (Å²) in [7, 11) is 0. The van der Waals surface area contributed by atoms with Gasteiger partial charge in [0.25, 0.3) is 0 Å². The Balaban J connectivity index is 0.00000450. The molecule has 0 saturated carbocycles. The first-order valence-electron chi connectivity index (χ1n) is 18.3. The van der Waals surface area contributed by atoms with E-state index in [2.05, 4.69) is 187 Å². The fourth-order valence-electron chi connectivity index (χ4n) is 8.01. The third-order valence-corrected chi connectivity index (χ3v) is 10.2. The van der Waals surface area contributed by atoms with Gasteiger partial charge in [-0.2, -0.15) is 6.07 Å². The van der Waals surface area contributed by atoms with E-state index in [1.165, 1.54) is 50.2 Å². The summed E-state index contributed by atoms with van der Waals surface area (Å²) < 4.78 is 8.96. The Hall–Kier alpha value is -5.12. The molecule has 6 heteroatoms. The molecule has 5 nitrogen and oxygen atoms in total. The van der Waals surface area contributed by atoms with Crippen molar-refractivity contribution < 1.29 is 25.8 Å². The van der Waals surface area contributed by atoms with Crippen LogP contribution in [0.3, 0.4) is 0 Å². The number of aromatic nitrogens is 2. The van der Waals surface area contributed by atoms with Gasteiger partial charge in [-0.3, -0.25) is 0 Å². The van der Waals surface area contributed by atoms with Crippen LogP contribution in [0.15, 0.2) is 104 Å². The summed E-state index contributed by atoms with van der Waals surface area (Å²) in [6.07, 6.45) is 6.10. The van der Waals surface area contributed by atoms with Gasteiger partial charge in [-0.15, -0.1) is 53.6 Å². The number of ether oxygens (including phenoxy) is 1. The van der Waals surface area contributed by atoms with E-state index in [4.69, 9.17) is 9.72 Å². The fourth-order valence-corrected chi connectivity index (χ4v) is 8.01. The molecule has 1 aliphatic rings. The first kappa shape index (κ1) is 37.2. The summed E-state index contributed by atoms with van der Waals surface area (Å²) >= 11 is 0. The number of hydrogen-bond acceptors (Lipinski definition) is 4. The van der Waals surface area contributed by atoms with Crippen molar-refractivity contribution >= 4 is 33.2 Å². The van der Waals surface area contributed by atoms with E-state index in [9.17, 15) is 0 Å². The zero-order chi connectivity index (χ0) is 37.2. The summed E-state index contributed by atoms with van der Waals surface area (Å²) in [5.41, 5.74) is 15.0. The Kier molecular flexibility index (Phi) is 9.83. The van der Waals surface area contributed by atoms with E-state index in [-0.39, 0.29) is 26.5 Å². The number of pyridine rings is 1. The molecule has 7 aromatic rings. The number of rotatable bonds is 6. The van der Waals surface area contributed by atoms with Crippen molar-refractivity contribution in [1.29, 1.82) is 0 Å². The average molecular weight is 889 g/mol. The largest absolute Gasteiger partial charge is 0.509 e. The second kappa shape index (κ2) is 14.3. The quantitative estimate of drug-likeness (QED) is 0.156. The van der Waals surface area contributed by atoms with Gasteiger partial charge in [-0.05, 0) is 116 Å². The smallest absolute Gasteiger partial charge is 0.135 e. The maximum Gasteiger partial charge on any atom is 0.135 e. The van der Waals surface area contributed by atoms with Gasteiger partial charge in [0.1, 0.15) is 5.82 Å². The number of nitrogens with zero attached hydrogens (tertiary/aromatic N) is 4. The standard InChI is InChI=1S/C48H45N4O.Pt/c1-30-20-32(3)46(33(4)21-30)36-24-38(50-18-19-51(29-50)47-34(5)22-31(2)23-35(47)6)27-40(25-36)53-39-14-15-42-41-12-10-11-13-43(41)52(44(42)28-39)45-26-37(16-17-49-45)48(7,8)9;/h10-26,29H,1-9H3;/q-3;. The Labute approximate surface area is 334 Å². The Morgan fingerprint density at radius 2 is 1.33 bits per heavy atom. The van der Waals surface area contributed by atoms with Gasteiger partial charge in [0.05, 0.1) is 0 Å². The zero-order valence-corrected chi connectivity index (χ0v) is 34.7. The van der Waals surface area contributed by atoms with Crippen LogP contribution in [0.5, 0.6) is 11.5 Å². The van der Waals surface area contributed by atoms with Crippen LogP contribution in [0, 0.1) is 60.3 Å². The molecule has 3 heterocycles. The molecule has 1 aliphatic heterocycles. The van der Waals surface area contributed by atoms with Crippen molar-refractivity contribution in [3.05, 3.63) is 161 Å². The number of fused-ring (bicyclic) bond motifs is 3. The molecule has 8 rings (SSSR count). The van der Waals surface area contributed by atoms with E-state index in [1.54, 1.807) is 0 Å². The second-order valence-electron chi connectivity index (χ2n) is 15.6. The van der Waals surface area contributed by atoms with Crippen LogP contribution in [0.2, 0.25) is 0 Å². The monoisotopic (exact) mass is 888 g/mol. The Morgan fingerprint density at radius 3 is 2.04 bits per heavy atom. The first-order chi connectivity index (χ1) is 25.3. The third-order valence-electron chi connectivity index (χ3n) is 10.2. The average Bonchev–Trinajstić information content (AvgIpc) is 3.70. The molecular formula is C48H45N4OPt-3. The van der Waals surface area contributed by atoms with Crippen LogP contribution >= 0.6 is 0 Å². The predicted molar refractivity (Wildman–Crippen MR) is 220 cm³/mol. The van der Waals surface area contributed by atoms with Crippen molar-refractivity contribution in [3.63, 3.8) is 0 Å². The molecule has 54 heavy (non-hydrogen) atoms. The molecule has 0 N–H and O–H groups in total. The molecule has 0 aliphatic carbocycles. The van der Waals surface area contributed by atoms with Gasteiger partial charge in [0.2, 0.25) is 0 Å². The SMILES string of the molecule is Cc1cc(C)c(-c2cc(Oc3[c-]c4c(cc3)c3ccccc3n4-c3cc(C(C)(C)C)ccn3)[c-]c(N3C=CN(c4c(C)cc(C)cc4C)[CH-]3)c2)c(C)c1.[Pt]. The van der Waals surface area contributed by atoms with Crippen LogP contribution in [0.25, 0.3) is 38.8 Å². The minimum absolute atomic E-state index is 0. The van der Waals surface area contributed by atoms with Crippen LogP contribution in [0.1, 0.15) is 59.7 Å². The van der Waals surface area contributed by atoms with Crippen molar-refractivity contribution in [1.82, 2.24) is 9.55 Å². The molecule has 0 bridgehead atoms. The molecule has 0 unspecified atom stereocenters. The molecule has 0 atom stereocenters. The van der Waals surface area contributed by atoms with Gasteiger partial charge in [-0.1, -0.05) is 79.9 Å². The van der Waals surface area contributed by atoms with E-state index in [0.717, 1.165) is 38.9 Å². The van der Waals surface area contributed by atoms with Crippen LogP contribution in [-0.4, -0.2) is 9.55 Å². The molecule has 5 aromatic carbocycles. The van der Waals surface area contributed by atoms with Crippen molar-refractivity contribution in [2.24, 2.45) is 0 Å². The van der Waals surface area contributed by atoms with Crippen LogP contribution in [0.4, 0.5) is 11.4 Å². The topological polar surface area (TPSA) is 33.5 Å². The fraction of sp³-hybridized carbons (Fsp3) is 0.208. The zero-order valence-electron chi connectivity index (χ0n) is 32.4. The van der Waals surface area contributed by atoms with E-state index < -0.39 is 0 Å². The van der Waals surface area contributed by atoms with Gasteiger partial charge in [-0.25, -0.2) is 4.98 Å². The molecule has 0 fully saturated rings. The number of para-hydroxylation sites is 1. The minimum atomic E-state index is -0.0159. The Bertz CT molecular complexity index is 2550. The summed E-state index contributed by atoms with van der Waals surface area (Å²) in [5.74, 6) is 2.09. The van der Waals surface area contributed by atoms with E-state index in [1.807, 2.05) is 12.3 Å². The summed E-state index contributed by atoms with van der Waals surface area (Å²) in [6.45, 7) is 21.8. The number of benzene rings is 5. The van der Waals surface area contributed by atoms with Crippen molar-refractivity contribution in [3.8, 4) is 28.4 Å². The summed E-state index contributed by atoms with van der Waals surface area (Å²) in [6, 6.07) is 37.4. The van der Waals surface area contributed by atoms with Crippen LogP contribution < -0.4 is 14.5 Å². The molecule has 0 saturated heterocycles. The number of hydrogen-bond donors (Lipinski definition) is 0. The van der Waals surface area contributed by atoms with Crippen molar-refractivity contribution in [2.45, 2.75) is 67.7 Å². The number of aryl methyl sites for hydroxylation is 6. The van der Waals surface area contributed by atoms with Gasteiger partial charge < -0.3 is 19.1 Å². The molecule has 276 valence electrons. The van der Waals surface area contributed by atoms with Gasteiger partial charge in [0, 0.05) is 50.0 Å². The second-order valence-corrected chi connectivity index (χ2v) is 15.6. The Morgan fingerprint density at radius 1 is 0.667 bits per heavy atom. The molecule has 2 aromatic heterocycles. The molecule has 0 radical (unpaired) electrons. The van der Waals surface area contributed by atoms with E-state index in [0.29, 0.717) is 11.5 Å². The maximum absolute atomic E-state index is 6.76. The molecule has 0 amide bonds. The van der Waals surface area contributed by atoms with Gasteiger partial charge >= 0.3 is 0 Å².